The van der Waals surface area contributed by atoms with E-state index in [9.17, 15) is 18.0 Å². The molecule has 0 atom stereocenters. The molecule has 1 N–H and O–H groups in total. The number of alkyl halides is 3. The van der Waals surface area contributed by atoms with Crippen LogP contribution < -0.4 is 10.1 Å². The Kier molecular flexibility index (Phi) is 4.93. The molecule has 0 fully saturated rings. The molecule has 0 aliphatic heterocycles. The summed E-state index contributed by atoms with van der Waals surface area (Å²) in [7, 11) is 0. The molecule has 3 nitrogen and oxygen atoms in total. The van der Waals surface area contributed by atoms with Crippen molar-refractivity contribution in [1.29, 1.82) is 0 Å². The number of carbonyl (C=O) groups excluding carboxylic acids is 1. The lowest BCUT2D eigenvalue weighted by atomic mass is 10.1. The number of hydrogen-bond donors (Lipinski definition) is 1. The molecule has 0 aliphatic rings. The van der Waals surface area contributed by atoms with Gasteiger partial charge < -0.3 is 10.1 Å². The molecule has 1 amide bonds. The van der Waals surface area contributed by atoms with E-state index in [1.54, 1.807) is 12.1 Å². The fourth-order valence-electron chi connectivity index (χ4n) is 1.99. The van der Waals surface area contributed by atoms with E-state index in [4.69, 9.17) is 4.74 Å². The fraction of sp³-hybridized carbons (Fsp3) is 0.235. The monoisotopic (exact) mass is 323 g/mol. The molecular formula is C17H16F3NO2. The minimum atomic E-state index is -4.53. The van der Waals surface area contributed by atoms with Gasteiger partial charge in [0, 0.05) is 5.56 Å². The lowest BCUT2D eigenvalue weighted by molar-refractivity contribution is -0.136. The summed E-state index contributed by atoms with van der Waals surface area (Å²) >= 11 is 0. The lowest BCUT2D eigenvalue weighted by Gasteiger charge is -2.14. The molecule has 0 bridgehead atoms. The molecule has 6 heteroatoms. The van der Waals surface area contributed by atoms with Crippen molar-refractivity contribution in [2.24, 2.45) is 0 Å². The quantitative estimate of drug-likeness (QED) is 0.882. The highest BCUT2D eigenvalue weighted by atomic mass is 19.4. The fourth-order valence-corrected chi connectivity index (χ4v) is 1.99. The topological polar surface area (TPSA) is 38.3 Å². The van der Waals surface area contributed by atoms with E-state index in [2.05, 4.69) is 5.32 Å². The normalized spacial score (nSPS) is 11.4. The summed E-state index contributed by atoms with van der Waals surface area (Å²) in [5, 5.41) is 2.29. The van der Waals surface area contributed by atoms with Crippen molar-refractivity contribution in [1.82, 2.24) is 0 Å². The van der Waals surface area contributed by atoms with Gasteiger partial charge in [-0.25, -0.2) is 0 Å². The van der Waals surface area contributed by atoms with Crippen LogP contribution in [0.5, 0.6) is 5.75 Å². The third-order valence-electron chi connectivity index (χ3n) is 2.97. The number of rotatable bonds is 4. The minimum absolute atomic E-state index is 0.00617. The Morgan fingerprint density at radius 1 is 1.04 bits per heavy atom. The number of anilines is 1. The first-order valence-electron chi connectivity index (χ1n) is 7.01. The van der Waals surface area contributed by atoms with Gasteiger partial charge in [-0.1, -0.05) is 12.1 Å². The van der Waals surface area contributed by atoms with Gasteiger partial charge in [0.1, 0.15) is 5.75 Å². The first kappa shape index (κ1) is 16.9. The van der Waals surface area contributed by atoms with Crippen LogP contribution in [0.1, 0.15) is 29.8 Å². The van der Waals surface area contributed by atoms with Crippen LogP contribution in [0.4, 0.5) is 18.9 Å². The molecule has 122 valence electrons. The largest absolute Gasteiger partial charge is 0.491 e. The van der Waals surface area contributed by atoms with E-state index in [-0.39, 0.29) is 17.4 Å². The summed E-state index contributed by atoms with van der Waals surface area (Å²) in [6.45, 7) is 3.74. The first-order chi connectivity index (χ1) is 10.8. The van der Waals surface area contributed by atoms with Crippen molar-refractivity contribution in [3.05, 3.63) is 59.7 Å². The number of nitrogens with one attached hydrogen (secondary N) is 1. The van der Waals surface area contributed by atoms with Gasteiger partial charge in [-0.05, 0) is 50.2 Å². The number of benzene rings is 2. The van der Waals surface area contributed by atoms with Crippen molar-refractivity contribution in [2.75, 3.05) is 5.32 Å². The van der Waals surface area contributed by atoms with Gasteiger partial charge in [-0.15, -0.1) is 0 Å². The van der Waals surface area contributed by atoms with E-state index >= 15 is 0 Å². The van der Waals surface area contributed by atoms with Crippen LogP contribution in [0.15, 0.2) is 48.5 Å². The van der Waals surface area contributed by atoms with Gasteiger partial charge in [0.05, 0.1) is 17.4 Å². The standard InChI is InChI=1S/C17H16F3NO2/c1-11(2)23-13-9-7-12(8-10-13)16(22)21-15-6-4-3-5-14(15)17(18,19)20/h3-11H,1-2H3,(H,21,22). The van der Waals surface area contributed by atoms with E-state index in [0.717, 1.165) is 6.07 Å². The maximum atomic E-state index is 12.9. The minimum Gasteiger partial charge on any atom is -0.491 e. The second-order valence-electron chi connectivity index (χ2n) is 5.19. The maximum absolute atomic E-state index is 12.9. The highest BCUT2D eigenvalue weighted by Crippen LogP contribution is 2.34. The van der Waals surface area contributed by atoms with Gasteiger partial charge in [-0.2, -0.15) is 13.2 Å². The average Bonchev–Trinajstić information content (AvgIpc) is 2.46. The predicted octanol–water partition coefficient (Wildman–Crippen LogP) is 4.74. The van der Waals surface area contributed by atoms with Crippen LogP contribution in [0, 0.1) is 0 Å². The molecule has 2 rings (SSSR count). The molecule has 0 spiro atoms. The molecule has 0 saturated heterocycles. The van der Waals surface area contributed by atoms with Crippen molar-refractivity contribution < 1.29 is 22.7 Å². The van der Waals surface area contributed by atoms with Crippen LogP contribution in [0.25, 0.3) is 0 Å². The van der Waals surface area contributed by atoms with Crippen LogP contribution in [-0.2, 0) is 6.18 Å². The van der Waals surface area contributed by atoms with Crippen molar-refractivity contribution >= 4 is 11.6 Å². The molecule has 2 aromatic carbocycles. The number of amides is 1. The van der Waals surface area contributed by atoms with E-state index in [0.29, 0.717) is 5.75 Å². The van der Waals surface area contributed by atoms with Crippen molar-refractivity contribution in [3.63, 3.8) is 0 Å². The van der Waals surface area contributed by atoms with E-state index in [1.807, 2.05) is 13.8 Å². The zero-order valence-corrected chi connectivity index (χ0v) is 12.6. The molecule has 0 radical (unpaired) electrons. The van der Waals surface area contributed by atoms with Crippen LogP contribution in [0.2, 0.25) is 0 Å². The second-order valence-corrected chi connectivity index (χ2v) is 5.19. The van der Waals surface area contributed by atoms with Gasteiger partial charge >= 0.3 is 6.18 Å². The molecule has 0 aliphatic carbocycles. The number of carbonyl (C=O) groups is 1. The smallest absolute Gasteiger partial charge is 0.418 e. The summed E-state index contributed by atoms with van der Waals surface area (Å²) in [5.41, 5.74) is -0.904. The van der Waals surface area contributed by atoms with E-state index < -0.39 is 17.6 Å². The Labute approximate surface area is 132 Å². The molecule has 0 unspecified atom stereocenters. The second kappa shape index (κ2) is 6.73. The maximum Gasteiger partial charge on any atom is 0.418 e. The van der Waals surface area contributed by atoms with Crippen molar-refractivity contribution in [2.45, 2.75) is 26.1 Å². The summed E-state index contributed by atoms with van der Waals surface area (Å²) in [6.07, 6.45) is -4.54. The molecule has 2 aromatic rings. The Morgan fingerprint density at radius 2 is 1.65 bits per heavy atom. The Bertz CT molecular complexity index is 679. The van der Waals surface area contributed by atoms with Gasteiger partial charge in [0.15, 0.2) is 0 Å². The third-order valence-corrected chi connectivity index (χ3v) is 2.97. The van der Waals surface area contributed by atoms with Crippen LogP contribution in [-0.4, -0.2) is 12.0 Å². The summed E-state index contributed by atoms with van der Waals surface area (Å²) in [5.74, 6) is -0.0231. The first-order valence-corrected chi connectivity index (χ1v) is 7.01. The average molecular weight is 323 g/mol. The number of hydrogen-bond acceptors (Lipinski definition) is 2. The molecule has 23 heavy (non-hydrogen) atoms. The number of ether oxygens (including phenoxy) is 1. The van der Waals surface area contributed by atoms with Crippen LogP contribution in [0.3, 0.4) is 0 Å². The lowest BCUT2D eigenvalue weighted by Crippen LogP contribution is -2.16. The highest BCUT2D eigenvalue weighted by Gasteiger charge is 2.33. The summed E-state index contributed by atoms with van der Waals surface area (Å²) in [6, 6.07) is 11.1. The SMILES string of the molecule is CC(C)Oc1ccc(C(=O)Nc2ccccc2C(F)(F)F)cc1. The summed E-state index contributed by atoms with van der Waals surface area (Å²) in [4.78, 5) is 12.1. The van der Waals surface area contributed by atoms with Crippen LogP contribution >= 0.6 is 0 Å². The van der Waals surface area contributed by atoms with E-state index in [1.165, 1.54) is 30.3 Å². The number of para-hydroxylation sites is 1. The zero-order chi connectivity index (χ0) is 17.0. The predicted molar refractivity (Wildman–Crippen MR) is 81.6 cm³/mol. The van der Waals surface area contributed by atoms with Gasteiger partial charge in [0.2, 0.25) is 0 Å². The molecular weight excluding hydrogens is 307 g/mol. The summed E-state index contributed by atoms with van der Waals surface area (Å²) < 4.78 is 44.2. The number of halogens is 3. The molecule has 0 aromatic heterocycles. The molecule has 0 saturated carbocycles. The Morgan fingerprint density at radius 3 is 2.22 bits per heavy atom. The van der Waals surface area contributed by atoms with Gasteiger partial charge in [0.25, 0.3) is 5.91 Å². The molecule has 0 heterocycles. The zero-order valence-electron chi connectivity index (χ0n) is 12.6. The highest BCUT2D eigenvalue weighted by molar-refractivity contribution is 6.04. The Balaban J connectivity index is 2.17. The third kappa shape index (κ3) is 4.48. The van der Waals surface area contributed by atoms with Crippen molar-refractivity contribution in [3.8, 4) is 5.75 Å². The Hall–Kier alpha value is -2.50. The van der Waals surface area contributed by atoms with Gasteiger partial charge in [-0.3, -0.25) is 4.79 Å².